The van der Waals surface area contributed by atoms with Gasteiger partial charge in [-0.3, -0.25) is 4.79 Å². The van der Waals surface area contributed by atoms with Gasteiger partial charge in [0.2, 0.25) is 6.29 Å². The number of aliphatic hydroxyl groups excluding tert-OH is 4. The van der Waals surface area contributed by atoms with Crippen molar-refractivity contribution in [2.75, 3.05) is 6.61 Å². The predicted molar refractivity (Wildman–Crippen MR) is 101 cm³/mol. The van der Waals surface area contributed by atoms with Crippen LogP contribution in [0.5, 0.6) is 0 Å². The molecule has 4 N–H and O–H groups in total. The molecule has 8 atom stereocenters. The fourth-order valence-corrected chi connectivity index (χ4v) is 4.44. The first kappa shape index (κ1) is 21.9. The minimum atomic E-state index is -1.67. The molecule has 0 aromatic heterocycles. The van der Waals surface area contributed by atoms with Crippen LogP contribution in [0.15, 0.2) is 36.5 Å². The Labute approximate surface area is 169 Å². The van der Waals surface area contributed by atoms with E-state index in [2.05, 4.69) is 20.1 Å². The van der Waals surface area contributed by atoms with E-state index in [1.807, 2.05) is 6.08 Å². The van der Waals surface area contributed by atoms with Gasteiger partial charge in [-0.15, -0.1) is 0 Å². The molecule has 0 amide bonds. The van der Waals surface area contributed by atoms with E-state index < -0.39 is 43.3 Å². The molecule has 1 saturated heterocycles. The molecule has 0 unspecified atom stereocenters. The van der Waals surface area contributed by atoms with Gasteiger partial charge in [-0.2, -0.15) is 0 Å². The number of aliphatic hydroxyl groups is 4. The fraction of sp³-hybridized carbons (Fsp3) is 0.619. The summed E-state index contributed by atoms with van der Waals surface area (Å²) in [6, 6.07) is 0. The summed E-state index contributed by atoms with van der Waals surface area (Å²) < 4.78 is 10.4. The number of allylic oxidation sites excluding steroid dienone is 3. The number of fused-ring (bicyclic) bond motifs is 1. The van der Waals surface area contributed by atoms with E-state index in [0.717, 1.165) is 6.42 Å². The number of carbonyl (C=O) groups is 2. The Bertz CT molecular complexity index is 741. The van der Waals surface area contributed by atoms with Crippen molar-refractivity contribution >= 4 is 11.8 Å². The smallest absolute Gasteiger partial charge is 0.336 e. The van der Waals surface area contributed by atoms with Gasteiger partial charge in [0.1, 0.15) is 24.4 Å². The van der Waals surface area contributed by atoms with Crippen LogP contribution in [0.3, 0.4) is 0 Å². The summed E-state index contributed by atoms with van der Waals surface area (Å²) in [5.74, 6) is -1.24. The zero-order valence-electron chi connectivity index (χ0n) is 16.4. The highest BCUT2D eigenvalue weighted by Gasteiger charge is 2.47. The highest BCUT2D eigenvalue weighted by atomic mass is 16.7. The van der Waals surface area contributed by atoms with Crippen LogP contribution in [0.2, 0.25) is 0 Å². The Balaban J connectivity index is 1.66. The molecule has 2 aliphatic carbocycles. The third-order valence-electron chi connectivity index (χ3n) is 6.53. The molecule has 0 radical (unpaired) electrons. The topological polar surface area (TPSA) is 134 Å². The van der Waals surface area contributed by atoms with E-state index in [-0.39, 0.29) is 28.6 Å². The van der Waals surface area contributed by atoms with Gasteiger partial charge in [0, 0.05) is 5.57 Å². The first-order chi connectivity index (χ1) is 13.6. The first-order valence-corrected chi connectivity index (χ1v) is 9.71. The zero-order chi connectivity index (χ0) is 21.5. The van der Waals surface area contributed by atoms with Crippen LogP contribution in [0, 0.1) is 17.3 Å². The number of ketones is 1. The van der Waals surface area contributed by atoms with Crippen molar-refractivity contribution < 1.29 is 39.5 Å². The number of ether oxygens (including phenoxy) is 2. The third kappa shape index (κ3) is 3.95. The Hall–Kier alpha value is -1.84. The normalized spacial score (nSPS) is 42.3. The Kier molecular flexibility index (Phi) is 6.12. The summed E-state index contributed by atoms with van der Waals surface area (Å²) >= 11 is 0. The van der Waals surface area contributed by atoms with Gasteiger partial charge in [-0.05, 0) is 48.2 Å². The molecular formula is C21H28O8. The molecule has 1 aliphatic heterocycles. The van der Waals surface area contributed by atoms with Gasteiger partial charge in [-0.25, -0.2) is 4.79 Å². The maximum absolute atomic E-state index is 12.6. The Morgan fingerprint density at radius 3 is 2.66 bits per heavy atom. The molecule has 2 fully saturated rings. The Morgan fingerprint density at radius 1 is 1.31 bits per heavy atom. The van der Waals surface area contributed by atoms with Crippen molar-refractivity contribution in [1.82, 2.24) is 0 Å². The average molecular weight is 408 g/mol. The van der Waals surface area contributed by atoms with Crippen LogP contribution in [0.4, 0.5) is 0 Å². The second-order valence-corrected chi connectivity index (χ2v) is 8.38. The third-order valence-corrected chi connectivity index (χ3v) is 6.53. The lowest BCUT2D eigenvalue weighted by molar-refractivity contribution is -0.291. The quantitative estimate of drug-likeness (QED) is 0.377. The number of rotatable bonds is 4. The lowest BCUT2D eigenvalue weighted by Gasteiger charge is -2.45. The van der Waals surface area contributed by atoms with Gasteiger partial charge >= 0.3 is 5.97 Å². The molecule has 3 aliphatic rings. The van der Waals surface area contributed by atoms with E-state index in [1.165, 1.54) is 0 Å². The molecule has 0 aromatic carbocycles. The van der Waals surface area contributed by atoms with E-state index in [1.54, 1.807) is 6.08 Å². The van der Waals surface area contributed by atoms with Crippen molar-refractivity contribution in [3.05, 3.63) is 36.5 Å². The van der Waals surface area contributed by atoms with Crippen LogP contribution >= 0.6 is 0 Å². The monoisotopic (exact) mass is 408 g/mol. The summed E-state index contributed by atoms with van der Waals surface area (Å²) in [6.07, 6.45) is -2.14. The summed E-state index contributed by atoms with van der Waals surface area (Å²) in [5, 5.41) is 38.9. The van der Waals surface area contributed by atoms with Crippen LogP contribution in [-0.2, 0) is 19.1 Å². The van der Waals surface area contributed by atoms with E-state index in [4.69, 9.17) is 9.47 Å². The summed E-state index contributed by atoms with van der Waals surface area (Å²) in [7, 11) is 0. The highest BCUT2D eigenvalue weighted by molar-refractivity contribution is 6.05. The molecule has 1 saturated carbocycles. The van der Waals surface area contributed by atoms with Crippen LogP contribution < -0.4 is 0 Å². The number of hydrogen-bond donors (Lipinski definition) is 4. The molecule has 8 heteroatoms. The summed E-state index contributed by atoms with van der Waals surface area (Å²) in [5.41, 5.74) is 0.511. The molecular weight excluding hydrogens is 380 g/mol. The van der Waals surface area contributed by atoms with Gasteiger partial charge in [0.05, 0.1) is 6.61 Å². The maximum atomic E-state index is 12.6. The molecule has 0 spiro atoms. The standard InChI is InChI=1S/C21H28O8/c1-10(12-4-6-21(3)7-5-14(23)11(2)13(21)8-12)19(27)29-20-18(26)17(25)16(24)15(9-22)28-20/h5,7,12-13,15-18,20,22,24-26H,1-2,4,6,8-9H2,3H3/t12-,13+,15-,16-,17+,18-,20+,21+/m1/s1. The van der Waals surface area contributed by atoms with Crippen molar-refractivity contribution in [2.45, 2.75) is 56.9 Å². The van der Waals surface area contributed by atoms with Gasteiger partial charge in [-0.1, -0.05) is 26.2 Å². The molecule has 0 aromatic rings. The van der Waals surface area contributed by atoms with Crippen molar-refractivity contribution in [3.8, 4) is 0 Å². The van der Waals surface area contributed by atoms with E-state index >= 15 is 0 Å². The van der Waals surface area contributed by atoms with Gasteiger partial charge in [0.25, 0.3) is 0 Å². The summed E-state index contributed by atoms with van der Waals surface area (Å²) in [4.78, 5) is 24.6. The molecule has 0 bridgehead atoms. The molecule has 3 rings (SSSR count). The van der Waals surface area contributed by atoms with Crippen molar-refractivity contribution in [3.63, 3.8) is 0 Å². The lowest BCUT2D eigenvalue weighted by Crippen LogP contribution is -2.59. The lowest BCUT2D eigenvalue weighted by atomic mass is 9.58. The molecule has 29 heavy (non-hydrogen) atoms. The minimum Gasteiger partial charge on any atom is -0.429 e. The molecule has 160 valence electrons. The van der Waals surface area contributed by atoms with Crippen LogP contribution in [0.25, 0.3) is 0 Å². The Morgan fingerprint density at radius 2 is 2.00 bits per heavy atom. The van der Waals surface area contributed by atoms with E-state index in [0.29, 0.717) is 18.4 Å². The predicted octanol–water partition coefficient (Wildman–Crippen LogP) is 0.00340. The number of hydrogen-bond acceptors (Lipinski definition) is 8. The highest BCUT2D eigenvalue weighted by Crippen LogP contribution is 2.51. The van der Waals surface area contributed by atoms with Gasteiger partial charge in [0.15, 0.2) is 5.78 Å². The second-order valence-electron chi connectivity index (χ2n) is 8.38. The number of carbonyl (C=O) groups excluding carboxylic acids is 2. The second kappa shape index (κ2) is 8.12. The van der Waals surface area contributed by atoms with Crippen LogP contribution in [-0.4, -0.2) is 69.5 Å². The SMILES string of the molecule is C=C(C(=O)O[C@@H]1O[C@H](CO)[C@@H](O)[C@H](O)[C@H]1O)[C@@H]1CC[C@@]2(C)C=CC(=O)C(=C)[C@@H]2C1. The average Bonchev–Trinajstić information content (AvgIpc) is 2.70. The summed E-state index contributed by atoms with van der Waals surface area (Å²) in [6.45, 7) is 9.21. The molecule has 1 heterocycles. The zero-order valence-corrected chi connectivity index (χ0v) is 16.4. The largest absolute Gasteiger partial charge is 0.429 e. The minimum absolute atomic E-state index is 0.101. The number of esters is 1. The first-order valence-electron chi connectivity index (χ1n) is 9.71. The maximum Gasteiger partial charge on any atom is 0.336 e. The van der Waals surface area contributed by atoms with Crippen LogP contribution in [0.1, 0.15) is 26.2 Å². The molecule has 8 nitrogen and oxygen atoms in total. The van der Waals surface area contributed by atoms with E-state index in [9.17, 15) is 30.0 Å². The fourth-order valence-electron chi connectivity index (χ4n) is 4.44. The van der Waals surface area contributed by atoms with Crippen molar-refractivity contribution in [2.24, 2.45) is 17.3 Å². The van der Waals surface area contributed by atoms with Gasteiger partial charge < -0.3 is 29.9 Å². The van der Waals surface area contributed by atoms with Crippen molar-refractivity contribution in [1.29, 1.82) is 0 Å².